The summed E-state index contributed by atoms with van der Waals surface area (Å²) in [7, 11) is 0. The van der Waals surface area contributed by atoms with Crippen molar-refractivity contribution in [2.24, 2.45) is 5.73 Å². The van der Waals surface area contributed by atoms with Gasteiger partial charge in [0.25, 0.3) is 0 Å². The summed E-state index contributed by atoms with van der Waals surface area (Å²) in [5.41, 5.74) is 6.91. The monoisotopic (exact) mass is 261 g/mol. The number of nitrogens with zero attached hydrogens (tertiary/aromatic N) is 1. The number of nitrogens with one attached hydrogen (secondary N) is 1. The van der Waals surface area contributed by atoms with E-state index in [-0.39, 0.29) is 11.9 Å². The van der Waals surface area contributed by atoms with Crippen molar-refractivity contribution in [3.05, 3.63) is 52.5 Å². The molecule has 2 aromatic rings. The summed E-state index contributed by atoms with van der Waals surface area (Å²) in [6.45, 7) is 1.92. The van der Waals surface area contributed by atoms with E-state index in [1.54, 1.807) is 12.4 Å². The quantitative estimate of drug-likeness (QED) is 0.884. The van der Waals surface area contributed by atoms with Gasteiger partial charge in [0.1, 0.15) is 6.04 Å². The first-order chi connectivity index (χ1) is 8.68. The van der Waals surface area contributed by atoms with Crippen molar-refractivity contribution in [2.75, 3.05) is 0 Å². The molecule has 1 amide bonds. The van der Waals surface area contributed by atoms with E-state index in [4.69, 9.17) is 5.73 Å². The van der Waals surface area contributed by atoms with Gasteiger partial charge in [-0.25, -0.2) is 0 Å². The van der Waals surface area contributed by atoms with E-state index in [2.05, 4.69) is 10.3 Å². The van der Waals surface area contributed by atoms with Crippen LogP contribution in [0.1, 0.15) is 29.4 Å². The summed E-state index contributed by atoms with van der Waals surface area (Å²) in [6.07, 6.45) is 3.41. The molecule has 4 nitrogen and oxygen atoms in total. The van der Waals surface area contributed by atoms with Crippen LogP contribution in [0.4, 0.5) is 0 Å². The van der Waals surface area contributed by atoms with Crippen molar-refractivity contribution >= 4 is 17.2 Å². The zero-order chi connectivity index (χ0) is 13.0. The molecule has 5 heteroatoms. The second-order valence-corrected chi connectivity index (χ2v) is 4.98. The molecule has 0 saturated carbocycles. The molecular weight excluding hydrogens is 246 g/mol. The first-order valence-corrected chi connectivity index (χ1v) is 6.55. The van der Waals surface area contributed by atoms with E-state index in [0.29, 0.717) is 0 Å². The Hall–Kier alpha value is -1.72. The van der Waals surface area contributed by atoms with Crippen LogP contribution in [-0.2, 0) is 4.79 Å². The third-order valence-corrected chi connectivity index (χ3v) is 3.65. The van der Waals surface area contributed by atoms with Crippen LogP contribution in [0, 0.1) is 0 Å². The smallest absolute Gasteiger partial charge is 0.242 e. The fraction of sp³-hybridized carbons (Fsp3) is 0.231. The highest BCUT2D eigenvalue weighted by Crippen LogP contribution is 2.18. The predicted octanol–water partition coefficient (Wildman–Crippen LogP) is 2.02. The summed E-state index contributed by atoms with van der Waals surface area (Å²) in [6, 6.07) is 6.83. The van der Waals surface area contributed by atoms with Crippen molar-refractivity contribution in [1.82, 2.24) is 10.3 Å². The van der Waals surface area contributed by atoms with Gasteiger partial charge in [0, 0.05) is 17.3 Å². The highest BCUT2D eigenvalue weighted by molar-refractivity contribution is 7.10. The van der Waals surface area contributed by atoms with Gasteiger partial charge < -0.3 is 11.1 Å². The largest absolute Gasteiger partial charge is 0.348 e. The zero-order valence-electron chi connectivity index (χ0n) is 10.0. The Bertz CT molecular complexity index is 498. The molecule has 0 bridgehead atoms. The molecule has 0 spiro atoms. The summed E-state index contributed by atoms with van der Waals surface area (Å²) < 4.78 is 0. The molecule has 0 saturated heterocycles. The summed E-state index contributed by atoms with van der Waals surface area (Å²) in [4.78, 5) is 16.8. The molecule has 2 heterocycles. The number of hydrogen-bond donors (Lipinski definition) is 2. The average molecular weight is 261 g/mol. The van der Waals surface area contributed by atoms with Crippen LogP contribution in [0.5, 0.6) is 0 Å². The van der Waals surface area contributed by atoms with E-state index >= 15 is 0 Å². The summed E-state index contributed by atoms with van der Waals surface area (Å²) >= 11 is 1.49. The molecule has 94 valence electrons. The Morgan fingerprint density at radius 2 is 2.11 bits per heavy atom. The van der Waals surface area contributed by atoms with Crippen LogP contribution >= 0.6 is 11.3 Å². The predicted molar refractivity (Wildman–Crippen MR) is 72.0 cm³/mol. The Balaban J connectivity index is 1.99. The van der Waals surface area contributed by atoms with Gasteiger partial charge in [0.05, 0.1) is 6.04 Å². The van der Waals surface area contributed by atoms with E-state index in [1.807, 2.05) is 36.6 Å². The Morgan fingerprint density at radius 1 is 1.39 bits per heavy atom. The van der Waals surface area contributed by atoms with Crippen LogP contribution in [-0.4, -0.2) is 10.9 Å². The highest BCUT2D eigenvalue weighted by Gasteiger charge is 2.18. The molecule has 0 radical (unpaired) electrons. The molecule has 1 unspecified atom stereocenters. The van der Waals surface area contributed by atoms with E-state index in [0.717, 1.165) is 10.4 Å². The lowest BCUT2D eigenvalue weighted by Crippen LogP contribution is -2.35. The maximum absolute atomic E-state index is 12.0. The fourth-order valence-corrected chi connectivity index (χ4v) is 2.36. The number of carbonyl (C=O) groups excluding carboxylic acids is 1. The minimum absolute atomic E-state index is 0.0773. The maximum Gasteiger partial charge on any atom is 0.242 e. The van der Waals surface area contributed by atoms with Gasteiger partial charge in [-0.1, -0.05) is 6.07 Å². The van der Waals surface area contributed by atoms with Crippen LogP contribution in [0.15, 0.2) is 42.0 Å². The SMILES string of the molecule is C[C@H](NC(=O)C(N)c1cccs1)c1ccncc1. The Kier molecular flexibility index (Phi) is 4.07. The average Bonchev–Trinajstić information content (AvgIpc) is 2.92. The Morgan fingerprint density at radius 3 is 2.72 bits per heavy atom. The third kappa shape index (κ3) is 2.94. The van der Waals surface area contributed by atoms with Crippen molar-refractivity contribution in [1.29, 1.82) is 0 Å². The van der Waals surface area contributed by atoms with Crippen LogP contribution < -0.4 is 11.1 Å². The Labute approximate surface area is 110 Å². The van der Waals surface area contributed by atoms with E-state index < -0.39 is 6.04 Å². The molecule has 0 aromatic carbocycles. The lowest BCUT2D eigenvalue weighted by Gasteiger charge is -2.17. The zero-order valence-corrected chi connectivity index (χ0v) is 10.9. The van der Waals surface area contributed by atoms with Gasteiger partial charge in [-0.2, -0.15) is 0 Å². The minimum Gasteiger partial charge on any atom is -0.348 e. The van der Waals surface area contributed by atoms with Gasteiger partial charge in [-0.05, 0) is 36.1 Å². The number of rotatable bonds is 4. The fourth-order valence-electron chi connectivity index (χ4n) is 1.64. The number of hydrogen-bond acceptors (Lipinski definition) is 4. The molecule has 2 aromatic heterocycles. The van der Waals surface area contributed by atoms with Crippen molar-refractivity contribution in [2.45, 2.75) is 19.0 Å². The molecule has 3 N–H and O–H groups in total. The molecule has 0 aliphatic heterocycles. The van der Waals surface area contributed by atoms with Gasteiger partial charge in [0.2, 0.25) is 5.91 Å². The topological polar surface area (TPSA) is 68.0 Å². The third-order valence-electron chi connectivity index (χ3n) is 2.70. The van der Waals surface area contributed by atoms with Crippen LogP contribution in [0.25, 0.3) is 0 Å². The number of pyridine rings is 1. The maximum atomic E-state index is 12.0. The van der Waals surface area contributed by atoms with Gasteiger partial charge in [-0.15, -0.1) is 11.3 Å². The van der Waals surface area contributed by atoms with Crippen molar-refractivity contribution in [3.63, 3.8) is 0 Å². The van der Waals surface area contributed by atoms with Gasteiger partial charge >= 0.3 is 0 Å². The minimum atomic E-state index is -0.603. The summed E-state index contributed by atoms with van der Waals surface area (Å²) in [5, 5.41) is 4.81. The number of thiophene rings is 1. The van der Waals surface area contributed by atoms with Crippen LogP contribution in [0.3, 0.4) is 0 Å². The van der Waals surface area contributed by atoms with Crippen molar-refractivity contribution in [3.8, 4) is 0 Å². The number of carbonyl (C=O) groups is 1. The number of amides is 1. The lowest BCUT2D eigenvalue weighted by atomic mass is 10.1. The van der Waals surface area contributed by atoms with Crippen LogP contribution in [0.2, 0.25) is 0 Å². The van der Waals surface area contributed by atoms with Crippen molar-refractivity contribution < 1.29 is 4.79 Å². The first kappa shape index (κ1) is 12.7. The molecule has 2 rings (SSSR count). The molecule has 0 fully saturated rings. The number of nitrogens with two attached hydrogens (primary N) is 1. The second-order valence-electron chi connectivity index (χ2n) is 4.00. The normalized spacial score (nSPS) is 13.9. The van der Waals surface area contributed by atoms with E-state index in [9.17, 15) is 4.79 Å². The number of aromatic nitrogens is 1. The molecule has 0 aliphatic rings. The van der Waals surface area contributed by atoms with Gasteiger partial charge in [-0.3, -0.25) is 9.78 Å². The standard InChI is InChI=1S/C13H15N3OS/c1-9(10-4-6-15-7-5-10)16-13(17)12(14)11-3-2-8-18-11/h2-9,12H,14H2,1H3,(H,16,17)/t9-,12?/m0/s1. The lowest BCUT2D eigenvalue weighted by molar-refractivity contribution is -0.123. The molecule has 2 atom stereocenters. The molecular formula is C13H15N3OS. The van der Waals surface area contributed by atoms with Gasteiger partial charge in [0.15, 0.2) is 0 Å². The summed E-state index contributed by atoms with van der Waals surface area (Å²) in [5.74, 6) is -0.165. The molecule has 0 aliphatic carbocycles. The first-order valence-electron chi connectivity index (χ1n) is 5.68. The highest BCUT2D eigenvalue weighted by atomic mass is 32.1. The second kappa shape index (κ2) is 5.75. The van der Waals surface area contributed by atoms with E-state index in [1.165, 1.54) is 11.3 Å². The molecule has 18 heavy (non-hydrogen) atoms.